The summed E-state index contributed by atoms with van der Waals surface area (Å²) >= 11 is 0. The number of hydrogen-bond acceptors (Lipinski definition) is 3. The van der Waals surface area contributed by atoms with E-state index in [0.29, 0.717) is 13.0 Å². The van der Waals surface area contributed by atoms with Gasteiger partial charge in [-0.15, -0.1) is 0 Å². The van der Waals surface area contributed by atoms with Crippen LogP contribution < -0.4 is 5.32 Å². The van der Waals surface area contributed by atoms with Crippen molar-refractivity contribution in [1.29, 1.82) is 0 Å². The SMILES string of the molecule is CN1CC(NC(=O)C2(c3ccccc3)CCCCC2)CC1C(=O)O. The van der Waals surface area contributed by atoms with E-state index in [0.717, 1.165) is 31.2 Å². The van der Waals surface area contributed by atoms with E-state index in [2.05, 4.69) is 5.32 Å². The van der Waals surface area contributed by atoms with Gasteiger partial charge in [0.2, 0.25) is 5.91 Å². The maximum Gasteiger partial charge on any atom is 0.320 e. The lowest BCUT2D eigenvalue weighted by molar-refractivity contribution is -0.141. The fourth-order valence-corrected chi connectivity index (χ4v) is 4.28. The van der Waals surface area contributed by atoms with Gasteiger partial charge in [-0.25, -0.2) is 0 Å². The monoisotopic (exact) mass is 330 g/mol. The standard InChI is InChI=1S/C19H26N2O3/c1-21-13-15(12-16(21)17(22)23)20-18(24)19(10-6-3-7-11-19)14-8-4-2-5-9-14/h2,4-5,8-9,15-16H,3,6-7,10-13H2,1H3,(H,20,24)(H,22,23). The molecule has 2 fully saturated rings. The van der Waals surface area contributed by atoms with E-state index >= 15 is 0 Å². The van der Waals surface area contributed by atoms with E-state index in [9.17, 15) is 14.7 Å². The Morgan fingerprint density at radius 1 is 1.17 bits per heavy atom. The molecule has 1 aliphatic heterocycles. The normalized spacial score (nSPS) is 26.9. The van der Waals surface area contributed by atoms with E-state index in [1.807, 2.05) is 35.2 Å². The first-order valence-corrected chi connectivity index (χ1v) is 8.82. The number of aliphatic carboxylic acids is 1. The van der Waals surface area contributed by atoms with Crippen molar-refractivity contribution >= 4 is 11.9 Å². The van der Waals surface area contributed by atoms with Crippen LogP contribution in [0.3, 0.4) is 0 Å². The predicted molar refractivity (Wildman–Crippen MR) is 91.8 cm³/mol. The largest absolute Gasteiger partial charge is 0.480 e. The second kappa shape index (κ2) is 6.93. The topological polar surface area (TPSA) is 69.6 Å². The van der Waals surface area contributed by atoms with Gasteiger partial charge in [0.05, 0.1) is 5.41 Å². The highest BCUT2D eigenvalue weighted by Gasteiger charge is 2.43. The molecule has 2 unspecified atom stereocenters. The molecule has 0 bridgehead atoms. The number of carbonyl (C=O) groups excluding carboxylic acids is 1. The third kappa shape index (κ3) is 3.18. The zero-order valence-electron chi connectivity index (χ0n) is 14.2. The maximum atomic E-state index is 13.2. The van der Waals surface area contributed by atoms with Crippen LogP contribution in [0.1, 0.15) is 44.1 Å². The van der Waals surface area contributed by atoms with Crippen LogP contribution in [-0.2, 0) is 15.0 Å². The van der Waals surface area contributed by atoms with E-state index < -0.39 is 17.4 Å². The molecule has 5 nitrogen and oxygen atoms in total. The molecule has 1 aromatic carbocycles. The van der Waals surface area contributed by atoms with Gasteiger partial charge in [-0.3, -0.25) is 14.5 Å². The van der Waals surface area contributed by atoms with Crippen LogP contribution in [0.2, 0.25) is 0 Å². The summed E-state index contributed by atoms with van der Waals surface area (Å²) in [5.41, 5.74) is 0.627. The number of carboxylic acids is 1. The van der Waals surface area contributed by atoms with Crippen LogP contribution in [0, 0.1) is 0 Å². The lowest BCUT2D eigenvalue weighted by Gasteiger charge is -2.37. The third-order valence-corrected chi connectivity index (χ3v) is 5.64. The minimum atomic E-state index is -0.815. The molecule has 3 rings (SSSR count). The molecule has 0 aromatic heterocycles. The molecular weight excluding hydrogens is 304 g/mol. The molecule has 130 valence electrons. The van der Waals surface area contributed by atoms with Crippen LogP contribution >= 0.6 is 0 Å². The van der Waals surface area contributed by atoms with Gasteiger partial charge >= 0.3 is 5.97 Å². The summed E-state index contributed by atoms with van der Waals surface area (Å²) in [5, 5.41) is 12.4. The third-order valence-electron chi connectivity index (χ3n) is 5.64. The smallest absolute Gasteiger partial charge is 0.320 e. The Bertz CT molecular complexity index is 596. The first-order chi connectivity index (χ1) is 11.5. The van der Waals surface area contributed by atoms with E-state index in [4.69, 9.17) is 0 Å². The zero-order chi connectivity index (χ0) is 17.2. The van der Waals surface area contributed by atoms with Gasteiger partial charge in [-0.1, -0.05) is 49.6 Å². The van der Waals surface area contributed by atoms with Crippen LogP contribution in [0.15, 0.2) is 30.3 Å². The zero-order valence-corrected chi connectivity index (χ0v) is 14.2. The van der Waals surface area contributed by atoms with Crippen LogP contribution in [-0.4, -0.2) is 47.6 Å². The minimum absolute atomic E-state index is 0.0674. The van der Waals surface area contributed by atoms with Crippen LogP contribution in [0.25, 0.3) is 0 Å². The number of rotatable bonds is 4. The molecule has 2 N–H and O–H groups in total. The highest BCUT2D eigenvalue weighted by molar-refractivity contribution is 5.88. The molecule has 1 heterocycles. The van der Waals surface area contributed by atoms with Gasteiger partial charge in [0.25, 0.3) is 0 Å². The first-order valence-electron chi connectivity index (χ1n) is 8.82. The molecular formula is C19H26N2O3. The fraction of sp³-hybridized carbons (Fsp3) is 0.579. The average molecular weight is 330 g/mol. The second-order valence-electron chi connectivity index (χ2n) is 7.21. The van der Waals surface area contributed by atoms with Crippen molar-refractivity contribution in [3.8, 4) is 0 Å². The number of carboxylic acid groups (broad SMARTS) is 1. The summed E-state index contributed by atoms with van der Waals surface area (Å²) < 4.78 is 0. The van der Waals surface area contributed by atoms with Gasteiger partial charge in [-0.2, -0.15) is 0 Å². The Morgan fingerprint density at radius 3 is 2.42 bits per heavy atom. The molecule has 0 spiro atoms. The van der Waals surface area contributed by atoms with Gasteiger partial charge in [0.1, 0.15) is 6.04 Å². The minimum Gasteiger partial charge on any atom is -0.480 e. The molecule has 1 aromatic rings. The van der Waals surface area contributed by atoms with E-state index in [1.54, 1.807) is 7.05 Å². The highest BCUT2D eigenvalue weighted by atomic mass is 16.4. The summed E-state index contributed by atoms with van der Waals surface area (Å²) in [4.78, 5) is 26.3. The van der Waals surface area contributed by atoms with Crippen molar-refractivity contribution in [2.75, 3.05) is 13.6 Å². The molecule has 1 amide bonds. The van der Waals surface area contributed by atoms with Crippen molar-refractivity contribution in [3.63, 3.8) is 0 Å². The van der Waals surface area contributed by atoms with E-state index in [-0.39, 0.29) is 11.9 Å². The Kier molecular flexibility index (Phi) is 4.90. The second-order valence-corrected chi connectivity index (χ2v) is 7.21. The Morgan fingerprint density at radius 2 is 1.83 bits per heavy atom. The van der Waals surface area contributed by atoms with Crippen molar-refractivity contribution in [3.05, 3.63) is 35.9 Å². The molecule has 1 saturated carbocycles. The number of amides is 1. The van der Waals surface area contributed by atoms with Crippen LogP contribution in [0.4, 0.5) is 0 Å². The van der Waals surface area contributed by atoms with Gasteiger partial charge in [0.15, 0.2) is 0 Å². The molecule has 2 atom stereocenters. The number of nitrogens with one attached hydrogen (secondary N) is 1. The average Bonchev–Trinajstić information content (AvgIpc) is 2.97. The molecule has 1 aliphatic carbocycles. The summed E-state index contributed by atoms with van der Waals surface area (Å²) in [6.07, 6.45) is 5.51. The number of likely N-dealkylation sites (N-methyl/N-ethyl adjacent to an activating group) is 1. The number of likely N-dealkylation sites (tertiary alicyclic amines) is 1. The highest BCUT2D eigenvalue weighted by Crippen LogP contribution is 2.40. The van der Waals surface area contributed by atoms with Crippen molar-refractivity contribution in [2.24, 2.45) is 0 Å². The van der Waals surface area contributed by atoms with Gasteiger partial charge in [0, 0.05) is 12.6 Å². The number of nitrogens with zero attached hydrogens (tertiary/aromatic N) is 1. The number of benzene rings is 1. The summed E-state index contributed by atoms with van der Waals surface area (Å²) in [7, 11) is 1.80. The summed E-state index contributed by atoms with van der Waals surface area (Å²) in [5.74, 6) is -0.748. The maximum absolute atomic E-state index is 13.2. The van der Waals surface area contributed by atoms with E-state index in [1.165, 1.54) is 6.42 Å². The van der Waals surface area contributed by atoms with Gasteiger partial charge < -0.3 is 10.4 Å². The predicted octanol–water partition coefficient (Wildman–Crippen LogP) is 2.16. The lowest BCUT2D eigenvalue weighted by Crippen LogP contribution is -2.49. The lowest BCUT2D eigenvalue weighted by atomic mass is 9.68. The fourth-order valence-electron chi connectivity index (χ4n) is 4.28. The molecule has 24 heavy (non-hydrogen) atoms. The van der Waals surface area contributed by atoms with Crippen LogP contribution in [0.5, 0.6) is 0 Å². The number of hydrogen-bond donors (Lipinski definition) is 2. The molecule has 2 aliphatic rings. The summed E-state index contributed by atoms with van der Waals surface area (Å²) in [6, 6.07) is 9.45. The first kappa shape index (κ1) is 17.0. The van der Waals surface area contributed by atoms with Crippen molar-refractivity contribution in [1.82, 2.24) is 10.2 Å². The van der Waals surface area contributed by atoms with Crippen molar-refractivity contribution in [2.45, 2.75) is 56.0 Å². The molecule has 5 heteroatoms. The molecule has 0 radical (unpaired) electrons. The Balaban J connectivity index is 1.77. The summed E-state index contributed by atoms with van der Waals surface area (Å²) in [6.45, 7) is 0.591. The van der Waals surface area contributed by atoms with Crippen molar-refractivity contribution < 1.29 is 14.7 Å². The molecule has 1 saturated heterocycles. The quantitative estimate of drug-likeness (QED) is 0.888. The number of carbonyl (C=O) groups is 2. The van der Waals surface area contributed by atoms with Gasteiger partial charge in [-0.05, 0) is 31.9 Å². The Hall–Kier alpha value is -1.88. The Labute approximate surface area is 143 Å².